The molecular formula is C16H32N2. The van der Waals surface area contributed by atoms with Gasteiger partial charge in [0.05, 0.1) is 0 Å². The highest BCUT2D eigenvalue weighted by Crippen LogP contribution is 2.51. The van der Waals surface area contributed by atoms with E-state index in [1.54, 1.807) is 0 Å². The molecule has 106 valence electrons. The Morgan fingerprint density at radius 1 is 1.06 bits per heavy atom. The first kappa shape index (κ1) is 14.3. The van der Waals surface area contributed by atoms with Crippen molar-refractivity contribution in [1.29, 1.82) is 0 Å². The van der Waals surface area contributed by atoms with Gasteiger partial charge in [0.2, 0.25) is 0 Å². The lowest BCUT2D eigenvalue weighted by Crippen LogP contribution is -2.55. The van der Waals surface area contributed by atoms with Crippen LogP contribution in [0.5, 0.6) is 0 Å². The molecule has 1 unspecified atom stereocenters. The molecule has 0 aliphatic heterocycles. The highest BCUT2D eigenvalue weighted by atomic mass is 15.1. The number of rotatable bonds is 7. The minimum Gasteiger partial charge on any atom is -0.312 e. The fourth-order valence-corrected chi connectivity index (χ4v) is 4.01. The molecule has 18 heavy (non-hydrogen) atoms. The molecule has 0 radical (unpaired) electrons. The van der Waals surface area contributed by atoms with E-state index in [2.05, 4.69) is 24.1 Å². The van der Waals surface area contributed by atoms with Crippen LogP contribution >= 0.6 is 0 Å². The predicted molar refractivity (Wildman–Crippen MR) is 78.9 cm³/mol. The maximum absolute atomic E-state index is 3.86. The van der Waals surface area contributed by atoms with Crippen molar-refractivity contribution in [1.82, 2.24) is 10.2 Å². The van der Waals surface area contributed by atoms with Crippen molar-refractivity contribution in [2.75, 3.05) is 26.2 Å². The molecule has 0 amide bonds. The van der Waals surface area contributed by atoms with E-state index in [4.69, 9.17) is 0 Å². The molecule has 0 aromatic rings. The zero-order valence-electron chi connectivity index (χ0n) is 12.5. The second-order valence-corrected chi connectivity index (χ2v) is 6.40. The fraction of sp³-hybridized carbons (Fsp3) is 1.00. The summed E-state index contributed by atoms with van der Waals surface area (Å²) in [4.78, 5) is 2.57. The monoisotopic (exact) mass is 252 g/mol. The Labute approximate surface area is 114 Å². The van der Waals surface area contributed by atoms with Gasteiger partial charge in [0.15, 0.2) is 0 Å². The van der Waals surface area contributed by atoms with Crippen molar-refractivity contribution in [3.8, 4) is 0 Å². The topological polar surface area (TPSA) is 15.3 Å². The van der Waals surface area contributed by atoms with Gasteiger partial charge in [-0.1, -0.05) is 33.1 Å². The largest absolute Gasteiger partial charge is 0.312 e. The summed E-state index contributed by atoms with van der Waals surface area (Å²) in [6.07, 6.45) is 11.6. The minimum absolute atomic E-state index is 0.722. The number of likely N-dealkylation sites (N-methyl/N-ethyl adjacent to an activating group) is 1. The third-order valence-corrected chi connectivity index (χ3v) is 5.33. The van der Waals surface area contributed by atoms with Gasteiger partial charge in [-0.25, -0.2) is 0 Å². The molecule has 2 aliphatic rings. The van der Waals surface area contributed by atoms with Crippen LogP contribution in [0.3, 0.4) is 0 Å². The molecule has 0 bridgehead atoms. The first-order valence-corrected chi connectivity index (χ1v) is 8.26. The van der Waals surface area contributed by atoms with Gasteiger partial charge in [-0.15, -0.1) is 0 Å². The Balaban J connectivity index is 1.67. The summed E-state index contributed by atoms with van der Waals surface area (Å²) >= 11 is 0. The molecule has 0 saturated heterocycles. The maximum atomic E-state index is 3.86. The number of nitrogens with zero attached hydrogens (tertiary/aromatic N) is 1. The molecule has 0 aromatic heterocycles. The number of hydrogen-bond acceptors (Lipinski definition) is 2. The summed E-state index contributed by atoms with van der Waals surface area (Å²) in [5.74, 6) is 0. The smallest absolute Gasteiger partial charge is 0.0124 e. The zero-order valence-corrected chi connectivity index (χ0v) is 12.5. The molecular weight excluding hydrogens is 220 g/mol. The Bertz CT molecular complexity index is 233. The summed E-state index contributed by atoms with van der Waals surface area (Å²) in [6, 6.07) is 0.845. The molecule has 1 N–H and O–H groups in total. The zero-order chi connectivity index (χ0) is 12.8. The summed E-state index contributed by atoms with van der Waals surface area (Å²) in [5.41, 5.74) is 0.722. The molecule has 2 rings (SSSR count). The van der Waals surface area contributed by atoms with Gasteiger partial charge in [-0.3, -0.25) is 0 Å². The van der Waals surface area contributed by atoms with Crippen molar-refractivity contribution < 1.29 is 0 Å². The van der Waals surface area contributed by atoms with Crippen molar-refractivity contribution in [3.63, 3.8) is 0 Å². The Hall–Kier alpha value is -0.0800. The van der Waals surface area contributed by atoms with E-state index in [1.807, 2.05) is 0 Å². The molecule has 1 spiro atoms. The first-order chi connectivity index (χ1) is 8.80. The van der Waals surface area contributed by atoms with E-state index in [0.29, 0.717) is 0 Å². The lowest BCUT2D eigenvalue weighted by molar-refractivity contribution is 0.0221. The third kappa shape index (κ3) is 3.27. The Morgan fingerprint density at radius 2 is 1.83 bits per heavy atom. The van der Waals surface area contributed by atoms with Crippen LogP contribution in [0.2, 0.25) is 0 Å². The van der Waals surface area contributed by atoms with Gasteiger partial charge < -0.3 is 10.2 Å². The van der Waals surface area contributed by atoms with Gasteiger partial charge in [-0.2, -0.15) is 0 Å². The fourth-order valence-electron chi connectivity index (χ4n) is 4.01. The van der Waals surface area contributed by atoms with Crippen LogP contribution in [0.25, 0.3) is 0 Å². The molecule has 2 nitrogen and oxygen atoms in total. The van der Waals surface area contributed by atoms with Crippen LogP contribution in [0.15, 0.2) is 0 Å². The lowest BCUT2D eigenvalue weighted by atomic mass is 9.57. The summed E-state index contributed by atoms with van der Waals surface area (Å²) < 4.78 is 0. The molecule has 2 saturated carbocycles. The molecule has 2 aliphatic carbocycles. The van der Waals surface area contributed by atoms with Gasteiger partial charge in [-0.05, 0) is 50.6 Å². The first-order valence-electron chi connectivity index (χ1n) is 8.26. The van der Waals surface area contributed by atoms with E-state index < -0.39 is 0 Å². The molecule has 1 atom stereocenters. The molecule has 0 heterocycles. The van der Waals surface area contributed by atoms with E-state index in [9.17, 15) is 0 Å². The SMILES string of the molecule is CCCN(CC)CCNC1CCC12CCCCC2. The van der Waals surface area contributed by atoms with Crippen molar-refractivity contribution in [2.45, 2.75) is 71.3 Å². The van der Waals surface area contributed by atoms with Crippen LogP contribution < -0.4 is 5.32 Å². The van der Waals surface area contributed by atoms with E-state index in [0.717, 1.165) is 11.5 Å². The van der Waals surface area contributed by atoms with E-state index in [1.165, 1.54) is 77.5 Å². The predicted octanol–water partition coefficient (Wildman–Crippen LogP) is 3.42. The second-order valence-electron chi connectivity index (χ2n) is 6.40. The van der Waals surface area contributed by atoms with Gasteiger partial charge in [0.1, 0.15) is 0 Å². The van der Waals surface area contributed by atoms with Crippen molar-refractivity contribution in [3.05, 3.63) is 0 Å². The quantitative estimate of drug-likeness (QED) is 0.747. The minimum atomic E-state index is 0.722. The molecule has 0 aromatic carbocycles. The molecule has 2 heteroatoms. The summed E-state index contributed by atoms with van der Waals surface area (Å²) in [5, 5.41) is 3.86. The summed E-state index contributed by atoms with van der Waals surface area (Å²) in [7, 11) is 0. The third-order valence-electron chi connectivity index (χ3n) is 5.33. The standard InChI is InChI=1S/C16H32N2/c1-3-13-18(4-2)14-12-17-15-8-11-16(15)9-6-5-7-10-16/h15,17H,3-14H2,1-2H3. The van der Waals surface area contributed by atoms with Crippen LogP contribution in [0.4, 0.5) is 0 Å². The van der Waals surface area contributed by atoms with Crippen LogP contribution in [0, 0.1) is 5.41 Å². The van der Waals surface area contributed by atoms with Gasteiger partial charge in [0, 0.05) is 19.1 Å². The van der Waals surface area contributed by atoms with E-state index in [-0.39, 0.29) is 0 Å². The van der Waals surface area contributed by atoms with Crippen LogP contribution in [-0.2, 0) is 0 Å². The second kappa shape index (κ2) is 6.91. The highest BCUT2D eigenvalue weighted by molar-refractivity contribution is 5.01. The Kier molecular flexibility index (Phi) is 5.50. The van der Waals surface area contributed by atoms with Crippen molar-refractivity contribution in [2.24, 2.45) is 5.41 Å². The van der Waals surface area contributed by atoms with Crippen LogP contribution in [0.1, 0.15) is 65.2 Å². The average Bonchev–Trinajstić information content (AvgIpc) is 2.42. The van der Waals surface area contributed by atoms with Crippen molar-refractivity contribution >= 4 is 0 Å². The summed E-state index contributed by atoms with van der Waals surface area (Å²) in [6.45, 7) is 9.44. The van der Waals surface area contributed by atoms with Crippen LogP contribution in [-0.4, -0.2) is 37.1 Å². The number of hydrogen-bond donors (Lipinski definition) is 1. The molecule has 2 fully saturated rings. The Morgan fingerprint density at radius 3 is 2.39 bits per heavy atom. The van der Waals surface area contributed by atoms with E-state index >= 15 is 0 Å². The van der Waals surface area contributed by atoms with Gasteiger partial charge >= 0.3 is 0 Å². The van der Waals surface area contributed by atoms with Gasteiger partial charge in [0.25, 0.3) is 0 Å². The normalized spacial score (nSPS) is 26.5. The average molecular weight is 252 g/mol. The lowest BCUT2D eigenvalue weighted by Gasteiger charge is -2.52. The maximum Gasteiger partial charge on any atom is 0.0124 e. The number of nitrogens with one attached hydrogen (secondary N) is 1. The highest BCUT2D eigenvalue weighted by Gasteiger charge is 2.46.